The molecule has 1 atom stereocenters. The maximum absolute atomic E-state index is 12.2. The summed E-state index contributed by atoms with van der Waals surface area (Å²) in [6.07, 6.45) is 1.00. The summed E-state index contributed by atoms with van der Waals surface area (Å²) in [6.45, 7) is 3.72. The molecule has 6 heteroatoms. The number of hydrogen-bond donors (Lipinski definition) is 1. The summed E-state index contributed by atoms with van der Waals surface area (Å²) >= 11 is 0. The van der Waals surface area contributed by atoms with Gasteiger partial charge in [-0.25, -0.2) is 9.59 Å². The number of benzene rings is 2. The molecule has 0 bridgehead atoms. The van der Waals surface area contributed by atoms with Crippen LogP contribution in [0.5, 0.6) is 11.5 Å². The molecule has 2 aromatic rings. The zero-order chi connectivity index (χ0) is 18.9. The maximum atomic E-state index is 12.2. The molecule has 138 valence electrons. The normalized spacial score (nSPS) is 11.5. The van der Waals surface area contributed by atoms with E-state index in [0.29, 0.717) is 22.6 Å². The van der Waals surface area contributed by atoms with Gasteiger partial charge in [0.05, 0.1) is 23.8 Å². The molecule has 0 aliphatic rings. The number of esters is 2. The third-order valence-electron chi connectivity index (χ3n) is 3.63. The van der Waals surface area contributed by atoms with Gasteiger partial charge in [0.1, 0.15) is 18.1 Å². The molecule has 0 aliphatic carbocycles. The van der Waals surface area contributed by atoms with Crippen molar-refractivity contribution in [2.75, 3.05) is 13.2 Å². The molecule has 0 aliphatic heterocycles. The number of aliphatic hydroxyl groups excluding tert-OH is 1. The highest BCUT2D eigenvalue weighted by molar-refractivity contribution is 5.92. The van der Waals surface area contributed by atoms with Gasteiger partial charge in [-0.2, -0.15) is 0 Å². The molecule has 1 N–H and O–H groups in total. The van der Waals surface area contributed by atoms with E-state index < -0.39 is 11.9 Å². The van der Waals surface area contributed by atoms with Crippen LogP contribution in [0.2, 0.25) is 0 Å². The average Bonchev–Trinajstić information content (AvgIpc) is 2.67. The van der Waals surface area contributed by atoms with E-state index >= 15 is 0 Å². The molecule has 26 heavy (non-hydrogen) atoms. The molecule has 2 rings (SSSR count). The molecule has 2 aromatic carbocycles. The Hall–Kier alpha value is -2.86. The SMILES string of the molecule is CCC(C)Oc1ccc(C(=O)Oc2ccc(C(=O)OCCO)cc2)cc1. The van der Waals surface area contributed by atoms with E-state index in [2.05, 4.69) is 0 Å². The highest BCUT2D eigenvalue weighted by Crippen LogP contribution is 2.18. The van der Waals surface area contributed by atoms with Crippen LogP contribution in [0.1, 0.15) is 41.0 Å². The molecule has 0 radical (unpaired) electrons. The quantitative estimate of drug-likeness (QED) is 0.576. The van der Waals surface area contributed by atoms with Gasteiger partial charge in [-0.3, -0.25) is 0 Å². The Labute approximate surface area is 152 Å². The van der Waals surface area contributed by atoms with E-state index in [0.717, 1.165) is 6.42 Å². The van der Waals surface area contributed by atoms with Crippen LogP contribution in [-0.4, -0.2) is 36.4 Å². The zero-order valence-electron chi connectivity index (χ0n) is 14.8. The van der Waals surface area contributed by atoms with Crippen molar-refractivity contribution < 1.29 is 28.9 Å². The summed E-state index contributed by atoms with van der Waals surface area (Å²) in [5.74, 6) is -0.0418. The summed E-state index contributed by atoms with van der Waals surface area (Å²) in [7, 11) is 0. The second-order valence-corrected chi connectivity index (χ2v) is 5.63. The molecule has 0 amide bonds. The van der Waals surface area contributed by atoms with Crippen molar-refractivity contribution in [2.24, 2.45) is 0 Å². The van der Waals surface area contributed by atoms with E-state index in [9.17, 15) is 9.59 Å². The summed E-state index contributed by atoms with van der Waals surface area (Å²) in [5.41, 5.74) is 0.706. The molecular weight excluding hydrogens is 336 g/mol. The van der Waals surface area contributed by atoms with Crippen LogP contribution >= 0.6 is 0 Å². The second-order valence-electron chi connectivity index (χ2n) is 5.63. The Kier molecular flexibility index (Phi) is 7.17. The fraction of sp³-hybridized carbons (Fsp3) is 0.300. The minimum Gasteiger partial charge on any atom is -0.491 e. The molecule has 0 heterocycles. The standard InChI is InChI=1S/C20H22O6/c1-3-14(2)25-17-8-6-16(7-9-17)20(23)26-18-10-4-15(5-11-18)19(22)24-13-12-21/h4-11,14,21H,3,12-13H2,1-2H3. The van der Waals surface area contributed by atoms with Crippen molar-refractivity contribution >= 4 is 11.9 Å². The topological polar surface area (TPSA) is 82.1 Å². The molecule has 6 nitrogen and oxygen atoms in total. The molecular formula is C20H22O6. The van der Waals surface area contributed by atoms with Crippen LogP contribution in [0.3, 0.4) is 0 Å². The third-order valence-corrected chi connectivity index (χ3v) is 3.63. The number of carbonyl (C=O) groups is 2. The largest absolute Gasteiger partial charge is 0.491 e. The van der Waals surface area contributed by atoms with Gasteiger partial charge in [-0.05, 0) is 61.9 Å². The lowest BCUT2D eigenvalue weighted by molar-refractivity contribution is 0.0433. The Morgan fingerprint density at radius 3 is 2.00 bits per heavy atom. The predicted octanol–water partition coefficient (Wildman–Crippen LogP) is 3.23. The third kappa shape index (κ3) is 5.60. The molecule has 0 spiro atoms. The lowest BCUT2D eigenvalue weighted by Gasteiger charge is -2.12. The van der Waals surface area contributed by atoms with Crippen molar-refractivity contribution in [2.45, 2.75) is 26.4 Å². The van der Waals surface area contributed by atoms with Crippen LogP contribution < -0.4 is 9.47 Å². The van der Waals surface area contributed by atoms with Crippen LogP contribution in [-0.2, 0) is 4.74 Å². The first-order valence-corrected chi connectivity index (χ1v) is 8.40. The number of aliphatic hydroxyl groups is 1. The highest BCUT2D eigenvalue weighted by Gasteiger charge is 2.11. The second kappa shape index (κ2) is 9.58. The van der Waals surface area contributed by atoms with E-state index in [4.69, 9.17) is 19.3 Å². The Morgan fingerprint density at radius 1 is 0.923 bits per heavy atom. The first kappa shape index (κ1) is 19.5. The monoisotopic (exact) mass is 358 g/mol. The average molecular weight is 358 g/mol. The smallest absolute Gasteiger partial charge is 0.343 e. The summed E-state index contributed by atoms with van der Waals surface area (Å²) in [6, 6.07) is 12.7. The number of ether oxygens (including phenoxy) is 3. The first-order chi connectivity index (χ1) is 12.5. The summed E-state index contributed by atoms with van der Waals surface area (Å²) in [4.78, 5) is 23.8. The maximum Gasteiger partial charge on any atom is 0.343 e. The summed E-state index contributed by atoms with van der Waals surface area (Å²) < 4.78 is 15.8. The van der Waals surface area contributed by atoms with Crippen molar-refractivity contribution in [3.8, 4) is 11.5 Å². The molecule has 0 aromatic heterocycles. The number of rotatable bonds is 8. The first-order valence-electron chi connectivity index (χ1n) is 8.40. The van der Waals surface area contributed by atoms with Crippen LogP contribution in [0.4, 0.5) is 0 Å². The Bertz CT molecular complexity index is 721. The van der Waals surface area contributed by atoms with Crippen LogP contribution in [0, 0.1) is 0 Å². The van der Waals surface area contributed by atoms with E-state index in [1.54, 1.807) is 24.3 Å². The summed E-state index contributed by atoms with van der Waals surface area (Å²) in [5, 5.41) is 8.64. The zero-order valence-corrected chi connectivity index (χ0v) is 14.8. The van der Waals surface area contributed by atoms with E-state index in [1.807, 2.05) is 13.8 Å². The van der Waals surface area contributed by atoms with Gasteiger partial charge in [0.15, 0.2) is 0 Å². The molecule has 0 fully saturated rings. The fourth-order valence-corrected chi connectivity index (χ4v) is 2.03. The van der Waals surface area contributed by atoms with Crippen LogP contribution in [0.15, 0.2) is 48.5 Å². The minimum atomic E-state index is -0.547. The van der Waals surface area contributed by atoms with E-state index in [1.165, 1.54) is 24.3 Å². The molecule has 0 saturated heterocycles. The van der Waals surface area contributed by atoms with E-state index in [-0.39, 0.29) is 19.3 Å². The van der Waals surface area contributed by atoms with Crippen molar-refractivity contribution in [3.05, 3.63) is 59.7 Å². The van der Waals surface area contributed by atoms with Crippen molar-refractivity contribution in [1.82, 2.24) is 0 Å². The Balaban J connectivity index is 1.95. The lowest BCUT2D eigenvalue weighted by atomic mass is 10.2. The van der Waals surface area contributed by atoms with Gasteiger partial charge in [0, 0.05) is 0 Å². The van der Waals surface area contributed by atoms with Gasteiger partial charge in [-0.15, -0.1) is 0 Å². The fourth-order valence-electron chi connectivity index (χ4n) is 2.03. The highest BCUT2D eigenvalue weighted by atomic mass is 16.5. The van der Waals surface area contributed by atoms with Gasteiger partial charge in [0.2, 0.25) is 0 Å². The minimum absolute atomic E-state index is 0.0632. The Morgan fingerprint density at radius 2 is 1.46 bits per heavy atom. The molecule has 0 saturated carbocycles. The van der Waals surface area contributed by atoms with Crippen molar-refractivity contribution in [3.63, 3.8) is 0 Å². The lowest BCUT2D eigenvalue weighted by Crippen LogP contribution is -2.11. The number of hydrogen-bond acceptors (Lipinski definition) is 6. The van der Waals surface area contributed by atoms with Gasteiger partial charge < -0.3 is 19.3 Å². The predicted molar refractivity (Wildman–Crippen MR) is 95.6 cm³/mol. The van der Waals surface area contributed by atoms with Crippen molar-refractivity contribution in [1.29, 1.82) is 0 Å². The molecule has 1 unspecified atom stereocenters. The van der Waals surface area contributed by atoms with Crippen LogP contribution in [0.25, 0.3) is 0 Å². The van der Waals surface area contributed by atoms with Gasteiger partial charge >= 0.3 is 11.9 Å². The van der Waals surface area contributed by atoms with Gasteiger partial charge in [0.25, 0.3) is 0 Å². The number of carbonyl (C=O) groups excluding carboxylic acids is 2. The van der Waals surface area contributed by atoms with Gasteiger partial charge in [-0.1, -0.05) is 6.92 Å².